The Labute approximate surface area is 222 Å². The highest BCUT2D eigenvalue weighted by Gasteiger charge is 2.25. The van der Waals surface area contributed by atoms with Crippen LogP contribution in [0.25, 0.3) is 0 Å². The summed E-state index contributed by atoms with van der Waals surface area (Å²) in [6.07, 6.45) is 0.681. The Morgan fingerprint density at radius 3 is 2.18 bits per heavy atom. The molecule has 8 heteroatoms. The van der Waals surface area contributed by atoms with Gasteiger partial charge in [-0.15, -0.1) is 0 Å². The van der Waals surface area contributed by atoms with Crippen LogP contribution in [-0.4, -0.2) is 45.9 Å². The van der Waals surface area contributed by atoms with E-state index in [1.54, 1.807) is 27.2 Å². The molecular weight excluding hydrogens is 489 g/mol. The van der Waals surface area contributed by atoms with E-state index in [0.717, 1.165) is 22.3 Å². The normalized spacial score (nSPS) is 11.5. The molecule has 0 bridgehead atoms. The molecule has 0 fully saturated rings. The van der Waals surface area contributed by atoms with Crippen molar-refractivity contribution in [3.8, 4) is 11.5 Å². The largest absolute Gasteiger partial charge is 0.496 e. The molecule has 0 unspecified atom stereocenters. The van der Waals surface area contributed by atoms with E-state index >= 15 is 0 Å². The van der Waals surface area contributed by atoms with E-state index in [0.29, 0.717) is 36.7 Å². The van der Waals surface area contributed by atoms with Crippen molar-refractivity contribution in [2.45, 2.75) is 39.3 Å². The van der Waals surface area contributed by atoms with Crippen molar-refractivity contribution in [2.75, 3.05) is 27.9 Å². The number of halogens is 1. The molecule has 0 aliphatic heterocycles. The molecule has 0 aliphatic rings. The van der Waals surface area contributed by atoms with Crippen molar-refractivity contribution in [3.63, 3.8) is 0 Å². The van der Waals surface area contributed by atoms with Gasteiger partial charge in [-0.3, -0.25) is 4.79 Å². The van der Waals surface area contributed by atoms with Crippen LogP contribution in [0.1, 0.15) is 45.1 Å². The summed E-state index contributed by atoms with van der Waals surface area (Å²) in [5.41, 5.74) is 3.95. The van der Waals surface area contributed by atoms with Gasteiger partial charge in [0, 0.05) is 25.0 Å². The third kappa shape index (κ3) is 7.10. The molecule has 3 rings (SSSR count). The Balaban J connectivity index is 1.84. The van der Waals surface area contributed by atoms with Crippen LogP contribution in [0, 0.1) is 12.7 Å². The number of carbonyl (C=O) groups excluding carboxylic acids is 2. The molecule has 0 saturated heterocycles. The van der Waals surface area contributed by atoms with E-state index in [4.69, 9.17) is 18.9 Å². The molecule has 0 saturated carbocycles. The average molecular weight is 524 g/mol. The summed E-state index contributed by atoms with van der Waals surface area (Å²) in [4.78, 5) is 25.4. The van der Waals surface area contributed by atoms with Crippen LogP contribution in [0.2, 0.25) is 0 Å². The van der Waals surface area contributed by atoms with E-state index in [9.17, 15) is 14.0 Å². The summed E-state index contributed by atoms with van der Waals surface area (Å²) in [6.45, 7) is 4.63. The quantitative estimate of drug-likeness (QED) is 0.344. The maximum atomic E-state index is 14.3. The second kappa shape index (κ2) is 13.6. The third-order valence-electron chi connectivity index (χ3n) is 6.19. The number of rotatable bonds is 12. The van der Waals surface area contributed by atoms with Crippen LogP contribution in [0.5, 0.6) is 11.5 Å². The lowest BCUT2D eigenvalue weighted by atomic mass is 9.97. The van der Waals surface area contributed by atoms with Crippen molar-refractivity contribution in [1.82, 2.24) is 5.32 Å². The summed E-state index contributed by atoms with van der Waals surface area (Å²) in [6, 6.07) is 14.9. The van der Waals surface area contributed by atoms with Gasteiger partial charge in [0.05, 0.1) is 33.5 Å². The predicted molar refractivity (Wildman–Crippen MR) is 142 cm³/mol. The van der Waals surface area contributed by atoms with E-state index < -0.39 is 23.7 Å². The summed E-state index contributed by atoms with van der Waals surface area (Å²) in [5, 5.41) is 2.64. The molecule has 3 aromatic rings. The lowest BCUT2D eigenvalue weighted by Gasteiger charge is -2.19. The number of hydrogen-bond acceptors (Lipinski definition) is 6. The number of amides is 1. The molecule has 0 aromatic heterocycles. The fraction of sp³-hybridized carbons (Fsp3) is 0.333. The molecule has 0 aliphatic carbocycles. The maximum absolute atomic E-state index is 14.3. The van der Waals surface area contributed by atoms with Crippen molar-refractivity contribution in [1.29, 1.82) is 0 Å². The molecule has 38 heavy (non-hydrogen) atoms. The fourth-order valence-corrected chi connectivity index (χ4v) is 4.31. The molecular formula is C30H34FNO6. The molecule has 3 aromatic carbocycles. The van der Waals surface area contributed by atoms with E-state index in [2.05, 4.69) is 5.32 Å². The van der Waals surface area contributed by atoms with Crippen molar-refractivity contribution in [3.05, 3.63) is 93.8 Å². The number of methoxy groups -OCH3 is 3. The van der Waals surface area contributed by atoms with Gasteiger partial charge in [-0.1, -0.05) is 36.4 Å². The minimum Gasteiger partial charge on any atom is -0.496 e. The second-order valence-electron chi connectivity index (χ2n) is 8.80. The molecule has 7 nitrogen and oxygen atoms in total. The number of esters is 1. The number of nitrogens with one attached hydrogen (secondary N) is 1. The van der Waals surface area contributed by atoms with E-state index in [-0.39, 0.29) is 12.0 Å². The zero-order valence-corrected chi connectivity index (χ0v) is 22.4. The second-order valence-corrected chi connectivity index (χ2v) is 8.80. The number of ether oxygens (including phenoxy) is 4. The first-order valence-corrected chi connectivity index (χ1v) is 12.3. The van der Waals surface area contributed by atoms with Crippen LogP contribution >= 0.6 is 0 Å². The number of benzene rings is 3. The Morgan fingerprint density at radius 2 is 1.58 bits per heavy atom. The van der Waals surface area contributed by atoms with Crippen molar-refractivity contribution in [2.24, 2.45) is 0 Å². The van der Waals surface area contributed by atoms with Gasteiger partial charge in [-0.25, -0.2) is 9.18 Å². The van der Waals surface area contributed by atoms with Gasteiger partial charge >= 0.3 is 5.97 Å². The van der Waals surface area contributed by atoms with Crippen LogP contribution in [-0.2, 0) is 33.7 Å². The highest BCUT2D eigenvalue weighted by Crippen LogP contribution is 2.33. The summed E-state index contributed by atoms with van der Waals surface area (Å²) >= 11 is 0. The van der Waals surface area contributed by atoms with Crippen molar-refractivity contribution >= 4 is 11.9 Å². The summed E-state index contributed by atoms with van der Waals surface area (Å²) in [5.74, 6) is -0.572. The van der Waals surface area contributed by atoms with Crippen LogP contribution in [0.3, 0.4) is 0 Å². The standard InChI is InChI=1S/C30H34FNO6/c1-6-38-18-22-16-26(35-3)23(27(17-22)36-4)14-20-10-8-11-21(13-20)15-25(30(34)37-5)32-29(33)28-19(2)9-7-12-24(28)31/h7-13,16-17,25H,6,14-15,18H2,1-5H3,(H,32,33)/t25-/m0/s1. The topological polar surface area (TPSA) is 83.1 Å². The number of hydrogen-bond donors (Lipinski definition) is 1. The zero-order chi connectivity index (χ0) is 27.7. The molecule has 0 radical (unpaired) electrons. The van der Waals surface area contributed by atoms with Gasteiger partial charge < -0.3 is 24.3 Å². The average Bonchev–Trinajstić information content (AvgIpc) is 2.91. The highest BCUT2D eigenvalue weighted by molar-refractivity contribution is 5.98. The molecule has 1 N–H and O–H groups in total. The molecule has 1 atom stereocenters. The Hall–Kier alpha value is -3.91. The van der Waals surface area contributed by atoms with Crippen LogP contribution in [0.4, 0.5) is 4.39 Å². The predicted octanol–water partition coefficient (Wildman–Crippen LogP) is 4.79. The van der Waals surface area contributed by atoms with Gasteiger partial charge in [-0.05, 0) is 54.3 Å². The third-order valence-corrected chi connectivity index (χ3v) is 6.19. The lowest BCUT2D eigenvalue weighted by Crippen LogP contribution is -2.43. The first kappa shape index (κ1) is 28.7. The molecule has 1 amide bonds. The molecule has 0 heterocycles. The SMILES string of the molecule is CCOCc1cc(OC)c(Cc2cccc(C[C@H](NC(=O)c3c(C)cccc3F)C(=O)OC)c2)c(OC)c1. The Bertz CT molecular complexity index is 1230. The Kier molecular flexibility index (Phi) is 10.2. The Morgan fingerprint density at radius 1 is 0.921 bits per heavy atom. The van der Waals surface area contributed by atoms with E-state index in [1.165, 1.54) is 19.2 Å². The number of carbonyl (C=O) groups is 2. The minimum atomic E-state index is -0.997. The van der Waals surface area contributed by atoms with Gasteiger partial charge in [0.2, 0.25) is 0 Å². The molecule has 0 spiro atoms. The maximum Gasteiger partial charge on any atom is 0.328 e. The zero-order valence-electron chi connectivity index (χ0n) is 22.4. The lowest BCUT2D eigenvalue weighted by molar-refractivity contribution is -0.142. The summed E-state index contributed by atoms with van der Waals surface area (Å²) in [7, 11) is 4.47. The fourth-order valence-electron chi connectivity index (χ4n) is 4.31. The summed E-state index contributed by atoms with van der Waals surface area (Å²) < 4.78 is 36.1. The van der Waals surface area contributed by atoms with Gasteiger partial charge in [0.25, 0.3) is 5.91 Å². The van der Waals surface area contributed by atoms with Gasteiger partial charge in [0.15, 0.2) is 0 Å². The van der Waals surface area contributed by atoms with Crippen LogP contribution in [0.15, 0.2) is 54.6 Å². The first-order chi connectivity index (χ1) is 18.3. The smallest absolute Gasteiger partial charge is 0.328 e. The van der Waals surface area contributed by atoms with Crippen LogP contribution < -0.4 is 14.8 Å². The van der Waals surface area contributed by atoms with E-state index in [1.807, 2.05) is 43.3 Å². The highest BCUT2D eigenvalue weighted by atomic mass is 19.1. The van der Waals surface area contributed by atoms with Gasteiger partial charge in [-0.2, -0.15) is 0 Å². The monoisotopic (exact) mass is 523 g/mol. The first-order valence-electron chi connectivity index (χ1n) is 12.3. The molecule has 202 valence electrons. The van der Waals surface area contributed by atoms with Gasteiger partial charge in [0.1, 0.15) is 23.4 Å². The van der Waals surface area contributed by atoms with Crippen molar-refractivity contribution < 1.29 is 32.9 Å². The minimum absolute atomic E-state index is 0.0953. The number of aryl methyl sites for hydroxylation is 1.